The number of nitrogens with zero attached hydrogens (tertiary/aromatic N) is 2. The number of aromatic nitrogens is 2. The van der Waals surface area contributed by atoms with Gasteiger partial charge in [-0.15, -0.1) is 0 Å². The van der Waals surface area contributed by atoms with Crippen molar-refractivity contribution in [1.29, 1.82) is 0 Å². The molecule has 1 heterocycles. The molecule has 0 aliphatic carbocycles. The molecule has 0 amide bonds. The second-order valence-corrected chi connectivity index (χ2v) is 6.06. The van der Waals surface area contributed by atoms with Crippen molar-refractivity contribution in [2.24, 2.45) is 0 Å². The van der Waals surface area contributed by atoms with Gasteiger partial charge in [-0.3, -0.25) is 5.32 Å². The van der Waals surface area contributed by atoms with Gasteiger partial charge >= 0.3 is 0 Å². The molecule has 0 bridgehead atoms. The Hall–Kier alpha value is -1.89. The number of halogens is 2. The highest BCUT2D eigenvalue weighted by atomic mass is 79.9. The van der Waals surface area contributed by atoms with Crippen LogP contribution in [0, 0.1) is 0 Å². The van der Waals surface area contributed by atoms with Gasteiger partial charge in [0.25, 0.3) is 0 Å². The number of quaternary nitrogens is 1. The topological polar surface area (TPSA) is 60.9 Å². The van der Waals surface area contributed by atoms with Crippen molar-refractivity contribution < 1.29 is 27.2 Å². The number of ether oxygens (including phenoxy) is 2. The van der Waals surface area contributed by atoms with Gasteiger partial charge in [0.05, 0.1) is 24.1 Å². The van der Waals surface area contributed by atoms with Gasteiger partial charge in [-0.05, 0) is 26.0 Å². The fourth-order valence-electron chi connectivity index (χ4n) is 2.49. The first kappa shape index (κ1) is 19.4. The van der Waals surface area contributed by atoms with Crippen LogP contribution < -0.4 is 27.2 Å². The maximum Gasteiger partial charge on any atom is 0.240 e. The third kappa shape index (κ3) is 4.60. The van der Waals surface area contributed by atoms with Crippen LogP contribution in [-0.2, 0) is 0 Å². The van der Waals surface area contributed by atoms with Crippen LogP contribution in [0.15, 0.2) is 47.2 Å². The van der Waals surface area contributed by atoms with E-state index in [9.17, 15) is 0 Å². The van der Waals surface area contributed by atoms with Crippen LogP contribution in [0.25, 0.3) is 10.9 Å². The summed E-state index contributed by atoms with van der Waals surface area (Å²) in [6, 6.07) is 11.9. The summed E-state index contributed by atoms with van der Waals surface area (Å²) in [6.07, 6.45) is 1.57. The smallest absolute Gasteiger partial charge is 0.240 e. The summed E-state index contributed by atoms with van der Waals surface area (Å²) < 4.78 is 12.4. The van der Waals surface area contributed by atoms with Gasteiger partial charge in [-0.2, -0.15) is 4.98 Å². The van der Waals surface area contributed by atoms with Gasteiger partial charge in [-0.1, -0.05) is 22.0 Å². The average molecular weight is 425 g/mol. The highest BCUT2D eigenvalue weighted by Crippen LogP contribution is 2.33. The third-order valence-corrected chi connectivity index (χ3v) is 3.98. The van der Waals surface area contributed by atoms with Crippen LogP contribution in [0.5, 0.6) is 11.5 Å². The van der Waals surface area contributed by atoms with E-state index in [4.69, 9.17) is 9.47 Å². The summed E-state index contributed by atoms with van der Waals surface area (Å²) in [6.45, 7) is 5.06. The van der Waals surface area contributed by atoms with E-state index >= 15 is 0 Å². The number of fused-ring (bicyclic) bond motifs is 1. The fourth-order valence-corrected chi connectivity index (χ4v) is 2.91. The molecule has 0 radical (unpaired) electrons. The quantitative estimate of drug-likeness (QED) is 0.593. The number of nitrogens with two attached hydrogens (primary N) is 1. The molecule has 0 aliphatic rings. The predicted octanol–water partition coefficient (Wildman–Crippen LogP) is 0.720. The second-order valence-electron chi connectivity index (χ2n) is 5.14. The molecule has 5 nitrogen and oxygen atoms in total. The highest BCUT2D eigenvalue weighted by molar-refractivity contribution is 9.10. The van der Waals surface area contributed by atoms with Gasteiger partial charge in [0.15, 0.2) is 11.5 Å². The summed E-state index contributed by atoms with van der Waals surface area (Å²) in [5.74, 6) is 2.27. The van der Waals surface area contributed by atoms with Crippen LogP contribution >= 0.6 is 15.9 Å². The Kier molecular flexibility index (Phi) is 6.99. The standard InChI is InChI=1S/C18H18BrN3O2.ClH/c1-3-23-16-9-14-15(10-17(16)24-4-2)20-11-21-18(14)22-13-7-5-6-12(19)8-13;/h5-11H,3-4H2,1-2H3,(H,20,21,22);1H. The molecule has 3 rings (SSSR count). The minimum Gasteiger partial charge on any atom is -1.00 e. The second kappa shape index (κ2) is 8.99. The molecule has 132 valence electrons. The Labute approximate surface area is 161 Å². The molecular formula is C18H19BrClN3O2. The van der Waals surface area contributed by atoms with Gasteiger partial charge in [0.1, 0.15) is 12.0 Å². The van der Waals surface area contributed by atoms with Crippen molar-refractivity contribution in [3.05, 3.63) is 47.2 Å². The largest absolute Gasteiger partial charge is 1.00 e. The summed E-state index contributed by atoms with van der Waals surface area (Å²) in [7, 11) is 0. The first-order valence-electron chi connectivity index (χ1n) is 7.86. The summed E-state index contributed by atoms with van der Waals surface area (Å²) >= 11 is 3.49. The van der Waals surface area contributed by atoms with Crippen molar-refractivity contribution in [3.8, 4) is 11.5 Å². The van der Waals surface area contributed by atoms with Crippen LogP contribution in [-0.4, -0.2) is 23.2 Å². The molecule has 0 spiro atoms. The van der Waals surface area contributed by atoms with Crippen molar-refractivity contribution in [2.75, 3.05) is 13.2 Å². The molecular weight excluding hydrogens is 406 g/mol. The molecule has 25 heavy (non-hydrogen) atoms. The molecule has 0 aliphatic heterocycles. The summed E-state index contributed by atoms with van der Waals surface area (Å²) in [5, 5.41) is 2.97. The first-order valence-corrected chi connectivity index (χ1v) is 8.65. The van der Waals surface area contributed by atoms with E-state index in [1.54, 1.807) is 6.33 Å². The maximum absolute atomic E-state index is 5.72. The molecule has 3 aromatic rings. The van der Waals surface area contributed by atoms with Gasteiger partial charge in [-0.25, -0.2) is 4.98 Å². The molecule has 7 heteroatoms. The van der Waals surface area contributed by atoms with E-state index in [0.717, 1.165) is 26.9 Å². The molecule has 0 fully saturated rings. The van der Waals surface area contributed by atoms with Gasteiger partial charge in [0, 0.05) is 22.7 Å². The lowest BCUT2D eigenvalue weighted by atomic mass is 10.2. The Morgan fingerprint density at radius 1 is 1.00 bits per heavy atom. The third-order valence-electron chi connectivity index (χ3n) is 3.48. The van der Waals surface area contributed by atoms with Crippen LogP contribution in [0.3, 0.4) is 0 Å². The maximum atomic E-state index is 5.72. The zero-order valence-electron chi connectivity index (χ0n) is 14.0. The lowest BCUT2D eigenvalue weighted by Gasteiger charge is -2.12. The molecule has 0 saturated carbocycles. The Balaban J connectivity index is 0.00000225. The average Bonchev–Trinajstić information content (AvgIpc) is 2.56. The van der Waals surface area contributed by atoms with E-state index in [-0.39, 0.29) is 12.4 Å². The van der Waals surface area contributed by atoms with Gasteiger partial charge < -0.3 is 21.9 Å². The number of hydrogen-bond donors (Lipinski definition) is 1. The zero-order chi connectivity index (χ0) is 16.9. The van der Waals surface area contributed by atoms with Crippen molar-refractivity contribution in [1.82, 2.24) is 9.97 Å². The van der Waals surface area contributed by atoms with E-state index in [2.05, 4.69) is 25.9 Å². The molecule has 0 atom stereocenters. The van der Waals surface area contributed by atoms with Crippen molar-refractivity contribution >= 4 is 38.3 Å². The van der Waals surface area contributed by atoms with E-state index in [1.165, 1.54) is 0 Å². The van der Waals surface area contributed by atoms with Crippen molar-refractivity contribution in [2.45, 2.75) is 13.8 Å². The summed E-state index contributed by atoms with van der Waals surface area (Å²) in [4.78, 5) is 8.80. The van der Waals surface area contributed by atoms with Crippen LogP contribution in [0.4, 0.5) is 11.5 Å². The summed E-state index contributed by atoms with van der Waals surface area (Å²) in [5.41, 5.74) is 1.90. The Bertz CT molecular complexity index is 861. The number of rotatable bonds is 6. The highest BCUT2D eigenvalue weighted by Gasteiger charge is 2.14. The SMILES string of the molecule is CCOc1cc2ncnc([NH2+]c3cccc(Br)c3)c2cc1OCC.[Cl-]. The minimum atomic E-state index is 0. The number of hydrogen-bond acceptors (Lipinski definition) is 4. The van der Waals surface area contributed by atoms with Crippen molar-refractivity contribution in [3.63, 3.8) is 0 Å². The fraction of sp³-hybridized carbons (Fsp3) is 0.222. The van der Waals surface area contributed by atoms with E-state index < -0.39 is 0 Å². The minimum absolute atomic E-state index is 0. The predicted molar refractivity (Wildman–Crippen MR) is 97.3 cm³/mol. The molecule has 0 saturated heterocycles. The normalized spacial score (nSPS) is 10.4. The number of benzene rings is 2. The van der Waals surface area contributed by atoms with Crippen LogP contribution in [0.2, 0.25) is 0 Å². The monoisotopic (exact) mass is 423 g/mol. The van der Waals surface area contributed by atoms with Crippen LogP contribution in [0.1, 0.15) is 13.8 Å². The molecule has 2 N–H and O–H groups in total. The first-order chi connectivity index (χ1) is 11.7. The van der Waals surface area contributed by atoms with E-state index in [1.807, 2.05) is 55.6 Å². The van der Waals surface area contributed by atoms with Gasteiger partial charge in [0.2, 0.25) is 5.82 Å². The lowest BCUT2D eigenvalue weighted by Crippen LogP contribution is -3.00. The van der Waals surface area contributed by atoms with E-state index in [0.29, 0.717) is 24.7 Å². The molecule has 2 aromatic carbocycles. The Morgan fingerprint density at radius 2 is 1.72 bits per heavy atom. The Morgan fingerprint density at radius 3 is 2.40 bits per heavy atom. The molecule has 1 aromatic heterocycles. The lowest BCUT2D eigenvalue weighted by molar-refractivity contribution is -0.481. The zero-order valence-corrected chi connectivity index (χ0v) is 16.3. The molecule has 0 unspecified atom stereocenters.